The highest BCUT2D eigenvalue weighted by atomic mass is 16.6. The molecular weight excluding hydrogens is 432 g/mol. The van der Waals surface area contributed by atoms with Gasteiger partial charge in [-0.15, -0.1) is 0 Å². The number of aryl methyl sites for hydroxylation is 1. The molecule has 0 aliphatic heterocycles. The largest absolute Gasteiger partial charge is 0.508 e. The first-order chi connectivity index (χ1) is 16.1. The quantitative estimate of drug-likeness (QED) is 0.411. The van der Waals surface area contributed by atoms with Gasteiger partial charge in [-0.2, -0.15) is 0 Å². The molecule has 192 valence electrons. The van der Waals surface area contributed by atoms with Gasteiger partial charge in [-0.1, -0.05) is 50.7 Å². The van der Waals surface area contributed by atoms with Gasteiger partial charge in [0.05, 0.1) is 0 Å². The van der Waals surface area contributed by atoms with Crippen molar-refractivity contribution in [2.24, 2.45) is 0 Å². The lowest BCUT2D eigenvalue weighted by Gasteiger charge is -2.30. The van der Waals surface area contributed by atoms with E-state index in [1.165, 1.54) is 76.3 Å². The zero-order valence-electron chi connectivity index (χ0n) is 21.1. The van der Waals surface area contributed by atoms with Crippen LogP contribution in [-0.2, 0) is 16.0 Å². The molecule has 2 aliphatic carbocycles. The average molecular weight is 477 g/mol. The van der Waals surface area contributed by atoms with Crippen molar-refractivity contribution in [1.29, 1.82) is 0 Å². The molecule has 7 nitrogen and oxygen atoms in total. The molecule has 0 spiro atoms. The second-order valence-corrected chi connectivity index (χ2v) is 10.6. The highest BCUT2D eigenvalue weighted by Crippen LogP contribution is 2.22. The number of hydrogen-bond acceptors (Lipinski definition) is 5. The lowest BCUT2D eigenvalue weighted by Crippen LogP contribution is -2.43. The molecule has 1 amide bonds. The van der Waals surface area contributed by atoms with Crippen LogP contribution in [0.4, 0.5) is 4.79 Å². The molecule has 0 heterocycles. The molecule has 34 heavy (non-hydrogen) atoms. The third kappa shape index (κ3) is 11.7. The van der Waals surface area contributed by atoms with Gasteiger partial charge < -0.3 is 25.6 Å². The minimum atomic E-state index is -1.11. The van der Waals surface area contributed by atoms with Crippen LogP contribution < -0.4 is 10.6 Å². The molecule has 2 fully saturated rings. The molecule has 0 aromatic heterocycles. The Hall–Kier alpha value is -2.28. The first-order valence-electron chi connectivity index (χ1n) is 12.9. The maximum absolute atomic E-state index is 11.6. The lowest BCUT2D eigenvalue weighted by molar-refractivity contribution is -0.139. The van der Waals surface area contributed by atoms with E-state index in [9.17, 15) is 14.7 Å². The number of carbonyl (C=O) groups excluding carboxylic acids is 1. The molecule has 1 atom stereocenters. The molecule has 4 N–H and O–H groups in total. The molecule has 2 aliphatic rings. The van der Waals surface area contributed by atoms with Gasteiger partial charge in [0.2, 0.25) is 0 Å². The second kappa shape index (κ2) is 14.2. The third-order valence-corrected chi connectivity index (χ3v) is 6.33. The fourth-order valence-electron chi connectivity index (χ4n) is 4.55. The van der Waals surface area contributed by atoms with E-state index >= 15 is 0 Å². The van der Waals surface area contributed by atoms with E-state index in [4.69, 9.17) is 9.84 Å². The standard InChI is InChI=1S/C15H21NO5.C12H23N/c1-15(2,3)21-14(20)16-12(13(18)19)9-6-10-4-7-11(17)8-5-10;1-3-7-11(8-4-1)13-12-9-5-2-6-10-12/h4-5,7-8,12,17H,6,9H2,1-3H3,(H,16,20)(H,18,19);11-13H,1-10H2/t12-;/m0./s1. The summed E-state index contributed by atoms with van der Waals surface area (Å²) in [5.74, 6) is -0.958. The number of amides is 1. The van der Waals surface area contributed by atoms with Gasteiger partial charge in [0, 0.05) is 12.1 Å². The molecular formula is C27H44N2O5. The fraction of sp³-hybridized carbons (Fsp3) is 0.704. The number of benzene rings is 1. The number of nitrogens with one attached hydrogen (secondary N) is 2. The highest BCUT2D eigenvalue weighted by molar-refractivity contribution is 5.80. The second-order valence-electron chi connectivity index (χ2n) is 10.6. The summed E-state index contributed by atoms with van der Waals surface area (Å²) < 4.78 is 5.04. The van der Waals surface area contributed by atoms with Crippen LogP contribution in [0.2, 0.25) is 0 Å². The van der Waals surface area contributed by atoms with Crippen LogP contribution in [0, 0.1) is 0 Å². The van der Waals surface area contributed by atoms with E-state index in [2.05, 4.69) is 10.6 Å². The molecule has 0 radical (unpaired) electrons. The van der Waals surface area contributed by atoms with Crippen LogP contribution >= 0.6 is 0 Å². The Morgan fingerprint density at radius 1 is 0.941 bits per heavy atom. The zero-order chi connectivity index (χ0) is 25.0. The third-order valence-electron chi connectivity index (χ3n) is 6.33. The summed E-state index contributed by atoms with van der Waals surface area (Å²) in [6.07, 6.45) is 14.5. The number of carbonyl (C=O) groups is 2. The van der Waals surface area contributed by atoms with E-state index in [1.807, 2.05) is 0 Å². The number of rotatable bonds is 7. The number of alkyl carbamates (subject to hydrolysis) is 1. The van der Waals surface area contributed by atoms with Gasteiger partial charge in [0.25, 0.3) is 0 Å². The summed E-state index contributed by atoms with van der Waals surface area (Å²) in [4.78, 5) is 22.8. The zero-order valence-corrected chi connectivity index (χ0v) is 21.1. The summed E-state index contributed by atoms with van der Waals surface area (Å²) in [6, 6.07) is 7.21. The fourth-order valence-corrected chi connectivity index (χ4v) is 4.55. The van der Waals surface area contributed by atoms with Crippen LogP contribution in [0.15, 0.2) is 24.3 Å². The molecule has 0 bridgehead atoms. The normalized spacial score (nSPS) is 18.3. The van der Waals surface area contributed by atoms with Gasteiger partial charge in [0.1, 0.15) is 17.4 Å². The van der Waals surface area contributed by atoms with Gasteiger partial charge in [0.15, 0.2) is 0 Å². The van der Waals surface area contributed by atoms with Crippen molar-refractivity contribution in [2.75, 3.05) is 0 Å². The topological polar surface area (TPSA) is 108 Å². The number of phenols is 1. The molecule has 1 aromatic rings. The van der Waals surface area contributed by atoms with Crippen molar-refractivity contribution >= 4 is 12.1 Å². The van der Waals surface area contributed by atoms with Crippen LogP contribution in [0.5, 0.6) is 5.75 Å². The lowest BCUT2D eigenvalue weighted by atomic mass is 9.91. The maximum Gasteiger partial charge on any atom is 0.408 e. The average Bonchev–Trinajstić information content (AvgIpc) is 2.78. The predicted octanol–water partition coefficient (Wildman–Crippen LogP) is 5.54. The first-order valence-corrected chi connectivity index (χ1v) is 12.9. The summed E-state index contributed by atoms with van der Waals surface area (Å²) >= 11 is 0. The summed E-state index contributed by atoms with van der Waals surface area (Å²) in [6.45, 7) is 5.12. The number of hydrogen-bond donors (Lipinski definition) is 4. The Bertz CT molecular complexity index is 716. The Balaban J connectivity index is 0.000000266. The van der Waals surface area contributed by atoms with Gasteiger partial charge in [-0.05, 0) is 77.0 Å². The van der Waals surface area contributed by atoms with E-state index < -0.39 is 23.7 Å². The Labute approximate surface area is 204 Å². The Morgan fingerprint density at radius 2 is 1.44 bits per heavy atom. The van der Waals surface area contributed by atoms with E-state index in [1.54, 1.807) is 32.9 Å². The van der Waals surface area contributed by atoms with E-state index in [-0.39, 0.29) is 12.2 Å². The molecule has 7 heteroatoms. The number of carboxylic acids is 1. The molecule has 1 aromatic carbocycles. The van der Waals surface area contributed by atoms with Crippen molar-refractivity contribution in [3.05, 3.63) is 29.8 Å². The number of ether oxygens (including phenoxy) is 1. The SMILES string of the molecule is C1CCC(NC2CCCCC2)CC1.CC(C)(C)OC(=O)N[C@@H](CCc1ccc(O)cc1)C(=O)O. The van der Waals surface area contributed by atoms with Crippen LogP contribution in [0.1, 0.15) is 97.0 Å². The Kier molecular flexibility index (Phi) is 11.7. The highest BCUT2D eigenvalue weighted by Gasteiger charge is 2.23. The van der Waals surface area contributed by atoms with Crippen molar-refractivity contribution in [3.63, 3.8) is 0 Å². The van der Waals surface area contributed by atoms with Crippen LogP contribution in [0.25, 0.3) is 0 Å². The first kappa shape index (κ1) is 28.0. The summed E-state index contributed by atoms with van der Waals surface area (Å²) in [7, 11) is 0. The van der Waals surface area contributed by atoms with Gasteiger partial charge in [-0.3, -0.25) is 0 Å². The van der Waals surface area contributed by atoms with Crippen molar-refractivity contribution in [1.82, 2.24) is 10.6 Å². The predicted molar refractivity (Wildman–Crippen MR) is 134 cm³/mol. The number of phenolic OH excluding ortho intramolecular Hbond substituents is 1. The number of aromatic hydroxyl groups is 1. The molecule has 0 unspecified atom stereocenters. The minimum absolute atomic E-state index is 0.153. The Morgan fingerprint density at radius 3 is 1.88 bits per heavy atom. The number of aliphatic carboxylic acids is 1. The maximum atomic E-state index is 11.6. The smallest absolute Gasteiger partial charge is 0.408 e. The van der Waals surface area contributed by atoms with Gasteiger partial charge in [-0.25, -0.2) is 9.59 Å². The molecule has 2 saturated carbocycles. The van der Waals surface area contributed by atoms with Crippen LogP contribution in [0.3, 0.4) is 0 Å². The van der Waals surface area contributed by atoms with Gasteiger partial charge >= 0.3 is 12.1 Å². The van der Waals surface area contributed by atoms with E-state index in [0.29, 0.717) is 6.42 Å². The van der Waals surface area contributed by atoms with E-state index in [0.717, 1.165) is 17.6 Å². The monoisotopic (exact) mass is 476 g/mol. The van der Waals surface area contributed by atoms with Crippen molar-refractivity contribution < 1.29 is 24.5 Å². The molecule has 0 saturated heterocycles. The van der Waals surface area contributed by atoms with Crippen LogP contribution in [-0.4, -0.2) is 46.0 Å². The van der Waals surface area contributed by atoms with Crippen molar-refractivity contribution in [3.8, 4) is 5.75 Å². The van der Waals surface area contributed by atoms with Crippen molar-refractivity contribution in [2.45, 2.75) is 122 Å². The summed E-state index contributed by atoms with van der Waals surface area (Å²) in [5.41, 5.74) is 0.203. The summed E-state index contributed by atoms with van der Waals surface area (Å²) in [5, 5.41) is 24.5. The number of carboxylic acid groups (broad SMARTS) is 1. The minimum Gasteiger partial charge on any atom is -0.508 e. The molecule has 3 rings (SSSR count).